The number of imidazole rings is 1. The molecule has 0 amide bonds. The second-order valence-electron chi connectivity index (χ2n) is 7.17. The lowest BCUT2D eigenvalue weighted by atomic mass is 10.1. The van der Waals surface area contributed by atoms with Crippen LogP contribution in [0.15, 0.2) is 65.9 Å². The Morgan fingerprint density at radius 2 is 1.97 bits per heavy atom. The highest BCUT2D eigenvalue weighted by Gasteiger charge is 2.07. The number of nitrogens with zero attached hydrogens (tertiary/aromatic N) is 3. The maximum Gasteiger partial charge on any atom is 0.191 e. The van der Waals surface area contributed by atoms with E-state index in [1.165, 1.54) is 11.6 Å². The smallest absolute Gasteiger partial charge is 0.191 e. The van der Waals surface area contributed by atoms with Crippen LogP contribution in [0.3, 0.4) is 0 Å². The lowest BCUT2D eigenvalue weighted by Crippen LogP contribution is -2.38. The van der Waals surface area contributed by atoms with Crippen molar-refractivity contribution in [3.8, 4) is 0 Å². The lowest BCUT2D eigenvalue weighted by Gasteiger charge is -2.13. The Labute approximate surface area is 188 Å². The molecule has 1 aromatic heterocycles. The highest BCUT2D eigenvalue weighted by molar-refractivity contribution is 7.97. The maximum absolute atomic E-state index is 13.6. The predicted molar refractivity (Wildman–Crippen MR) is 128 cm³/mol. The average Bonchev–Trinajstić information content (AvgIpc) is 3.21. The molecule has 0 spiro atoms. The summed E-state index contributed by atoms with van der Waals surface area (Å²) in [5.74, 6) is 2.36. The molecule has 0 unspecified atom stereocenters. The molecule has 1 heterocycles. The van der Waals surface area contributed by atoms with Gasteiger partial charge in [0.05, 0.1) is 6.54 Å². The number of guanidine groups is 1. The second-order valence-corrected chi connectivity index (χ2v) is 8.04. The monoisotopic (exact) mass is 439 g/mol. The molecule has 7 heteroatoms. The zero-order chi connectivity index (χ0) is 21.9. The minimum atomic E-state index is -0.201. The molecule has 5 nitrogen and oxygen atoms in total. The van der Waals surface area contributed by atoms with Crippen LogP contribution in [0.1, 0.15) is 29.4 Å². The third kappa shape index (κ3) is 7.14. The van der Waals surface area contributed by atoms with Gasteiger partial charge in [-0.05, 0) is 42.0 Å². The topological polar surface area (TPSA) is 54.2 Å². The molecule has 0 aliphatic carbocycles. The summed E-state index contributed by atoms with van der Waals surface area (Å²) < 4.78 is 15.8. The fourth-order valence-electron chi connectivity index (χ4n) is 3.33. The van der Waals surface area contributed by atoms with Gasteiger partial charge in [-0.2, -0.15) is 11.8 Å². The van der Waals surface area contributed by atoms with Crippen LogP contribution in [0.4, 0.5) is 4.39 Å². The number of aromatic nitrogens is 2. The van der Waals surface area contributed by atoms with E-state index in [0.717, 1.165) is 54.7 Å². The summed E-state index contributed by atoms with van der Waals surface area (Å²) in [5.41, 5.74) is 3.30. The van der Waals surface area contributed by atoms with Gasteiger partial charge in [0.25, 0.3) is 0 Å². The number of hydrogen-bond acceptors (Lipinski definition) is 3. The van der Waals surface area contributed by atoms with Crippen LogP contribution in [-0.4, -0.2) is 34.9 Å². The Hall–Kier alpha value is -2.80. The highest BCUT2D eigenvalue weighted by atomic mass is 32.2. The second kappa shape index (κ2) is 12.2. The molecule has 0 saturated heterocycles. The van der Waals surface area contributed by atoms with E-state index in [9.17, 15) is 4.39 Å². The summed E-state index contributed by atoms with van der Waals surface area (Å²) in [6.07, 6.45) is 6.67. The van der Waals surface area contributed by atoms with Crippen molar-refractivity contribution in [2.45, 2.75) is 32.2 Å². The van der Waals surface area contributed by atoms with E-state index < -0.39 is 0 Å². The van der Waals surface area contributed by atoms with Gasteiger partial charge >= 0.3 is 0 Å². The zero-order valence-electron chi connectivity index (χ0n) is 18.1. The first-order valence-corrected chi connectivity index (χ1v) is 11.9. The number of thioether (sulfide) groups is 1. The molecule has 0 atom stereocenters. The fraction of sp³-hybridized carbons (Fsp3) is 0.333. The quantitative estimate of drug-likeness (QED) is 0.367. The van der Waals surface area contributed by atoms with Crippen molar-refractivity contribution < 1.29 is 4.39 Å². The molecule has 164 valence electrons. The molecule has 3 rings (SSSR count). The zero-order valence-corrected chi connectivity index (χ0v) is 19.0. The molecule has 3 aromatic rings. The predicted octanol–water partition coefficient (Wildman–Crippen LogP) is 4.23. The van der Waals surface area contributed by atoms with Gasteiger partial charge in [0.15, 0.2) is 5.96 Å². The van der Waals surface area contributed by atoms with E-state index in [-0.39, 0.29) is 5.82 Å². The summed E-state index contributed by atoms with van der Waals surface area (Å²) in [6, 6.07) is 15.3. The van der Waals surface area contributed by atoms with Crippen molar-refractivity contribution >= 4 is 17.7 Å². The summed E-state index contributed by atoms with van der Waals surface area (Å²) >= 11 is 1.68. The summed E-state index contributed by atoms with van der Waals surface area (Å²) in [4.78, 5) is 9.21. The first-order valence-electron chi connectivity index (χ1n) is 10.5. The minimum Gasteiger partial charge on any atom is -0.357 e. The molecule has 0 aliphatic heterocycles. The molecular formula is C24H30FN5S. The normalized spacial score (nSPS) is 11.5. The van der Waals surface area contributed by atoms with Crippen molar-refractivity contribution in [2.24, 2.45) is 4.99 Å². The van der Waals surface area contributed by atoms with Crippen LogP contribution < -0.4 is 10.6 Å². The molecule has 31 heavy (non-hydrogen) atoms. The maximum atomic E-state index is 13.6. The van der Waals surface area contributed by atoms with Crippen LogP contribution in [0.5, 0.6) is 0 Å². The van der Waals surface area contributed by atoms with Crippen molar-refractivity contribution in [3.05, 3.63) is 89.3 Å². The Morgan fingerprint density at radius 3 is 2.74 bits per heavy atom. The van der Waals surface area contributed by atoms with Crippen LogP contribution in [0, 0.1) is 5.82 Å². The minimum absolute atomic E-state index is 0.201. The highest BCUT2D eigenvalue weighted by Crippen LogP contribution is 2.17. The van der Waals surface area contributed by atoms with Gasteiger partial charge in [0, 0.05) is 44.2 Å². The number of halogens is 1. The van der Waals surface area contributed by atoms with E-state index in [0.29, 0.717) is 6.54 Å². The van der Waals surface area contributed by atoms with E-state index in [2.05, 4.69) is 44.5 Å². The van der Waals surface area contributed by atoms with Crippen molar-refractivity contribution in [3.63, 3.8) is 0 Å². The van der Waals surface area contributed by atoms with Gasteiger partial charge in [0.2, 0.25) is 0 Å². The Bertz CT molecular complexity index is 971. The number of nitrogens with one attached hydrogen (secondary N) is 2. The van der Waals surface area contributed by atoms with E-state index in [1.54, 1.807) is 17.8 Å². The Balaban J connectivity index is 1.59. The lowest BCUT2D eigenvalue weighted by molar-refractivity contribution is 0.625. The summed E-state index contributed by atoms with van der Waals surface area (Å²) in [6.45, 7) is 4.86. The molecule has 0 aliphatic rings. The third-order valence-electron chi connectivity index (χ3n) is 4.86. The van der Waals surface area contributed by atoms with Crippen molar-refractivity contribution in [2.75, 3.05) is 19.3 Å². The molecule has 2 N–H and O–H groups in total. The third-order valence-corrected chi connectivity index (χ3v) is 5.46. The van der Waals surface area contributed by atoms with Crippen LogP contribution in [-0.2, 0) is 25.3 Å². The summed E-state index contributed by atoms with van der Waals surface area (Å²) in [5, 5.41) is 6.67. The molecule has 0 radical (unpaired) electrons. The molecule has 2 aromatic carbocycles. The summed E-state index contributed by atoms with van der Waals surface area (Å²) in [7, 11) is 0. The fourth-order valence-corrected chi connectivity index (χ4v) is 3.91. The van der Waals surface area contributed by atoms with Gasteiger partial charge in [-0.3, -0.25) is 0 Å². The first kappa shape index (κ1) is 22.9. The van der Waals surface area contributed by atoms with Gasteiger partial charge in [-0.1, -0.05) is 36.4 Å². The van der Waals surface area contributed by atoms with E-state index >= 15 is 0 Å². The first-order chi connectivity index (χ1) is 15.2. The number of rotatable bonds is 10. The van der Waals surface area contributed by atoms with E-state index in [4.69, 9.17) is 4.99 Å². The number of aliphatic imine (C=N–C) groups is 1. The van der Waals surface area contributed by atoms with Crippen LogP contribution in [0.2, 0.25) is 0 Å². The standard InChI is InChI=1S/C24H30FN5S/c1-3-26-24(29-16-20-9-10-22(25)15-21(20)18-31-2)28-12-11-23-27-13-14-30(23)17-19-7-5-4-6-8-19/h4-10,13-15H,3,11-12,16-18H2,1-2H3,(H2,26,28,29). The van der Waals surface area contributed by atoms with Gasteiger partial charge in [-0.25, -0.2) is 14.4 Å². The SMILES string of the molecule is CCNC(=NCc1ccc(F)cc1CSC)NCCc1nccn1Cc1ccccc1. The van der Waals surface area contributed by atoms with Gasteiger partial charge in [-0.15, -0.1) is 0 Å². The van der Waals surface area contributed by atoms with Gasteiger partial charge < -0.3 is 15.2 Å². The number of hydrogen-bond donors (Lipinski definition) is 2. The average molecular weight is 440 g/mol. The number of benzene rings is 2. The van der Waals surface area contributed by atoms with Crippen molar-refractivity contribution in [1.29, 1.82) is 0 Å². The molecule has 0 saturated carbocycles. The largest absolute Gasteiger partial charge is 0.357 e. The van der Waals surface area contributed by atoms with E-state index in [1.807, 2.05) is 37.7 Å². The Morgan fingerprint density at radius 1 is 1.13 bits per heavy atom. The van der Waals surface area contributed by atoms with Crippen LogP contribution in [0.25, 0.3) is 0 Å². The molecular weight excluding hydrogens is 409 g/mol. The molecule has 0 bridgehead atoms. The van der Waals surface area contributed by atoms with Crippen LogP contribution >= 0.6 is 11.8 Å². The molecule has 0 fully saturated rings. The van der Waals surface area contributed by atoms with Gasteiger partial charge in [0.1, 0.15) is 11.6 Å². The van der Waals surface area contributed by atoms with Crippen molar-refractivity contribution in [1.82, 2.24) is 20.2 Å². The Kier molecular flexibility index (Phi) is 8.97.